The van der Waals surface area contributed by atoms with Gasteiger partial charge in [-0.3, -0.25) is 38.3 Å². The molecule has 27 nitrogen and oxygen atoms in total. The Morgan fingerprint density at radius 3 is 1.51 bits per heavy atom. The van der Waals surface area contributed by atoms with Crippen molar-refractivity contribution in [1.29, 1.82) is 0 Å². The van der Waals surface area contributed by atoms with Crippen LogP contribution >= 0.6 is 41.5 Å². The first-order valence-corrected chi connectivity index (χ1v) is 32.3. The Balaban J connectivity index is 0.000000270. The molecule has 8 heterocycles. The molecule has 0 bridgehead atoms. The second-order valence-electron chi connectivity index (χ2n) is 17.0. The summed E-state index contributed by atoms with van der Waals surface area (Å²) in [6.45, 7) is 1.20. The van der Waals surface area contributed by atoms with Crippen LogP contribution in [0.5, 0.6) is 0 Å². The van der Waals surface area contributed by atoms with Crippen LogP contribution in [0.1, 0.15) is 90.9 Å². The number of aliphatic carboxylic acids is 1. The number of ether oxygens (including phenoxy) is 2. The number of carbonyl (C=O) groups is 6. The Morgan fingerprint density at radius 1 is 0.707 bits per heavy atom. The minimum absolute atomic E-state index is 0. The first-order valence-electron chi connectivity index (χ1n) is 23.5. The van der Waals surface area contributed by atoms with Gasteiger partial charge in [0.2, 0.25) is 0 Å². The molecule has 4 aromatic rings. The van der Waals surface area contributed by atoms with Crippen LogP contribution in [-0.4, -0.2) is 195 Å². The molecule has 4 aliphatic rings. The van der Waals surface area contributed by atoms with Crippen LogP contribution in [0.2, 0.25) is 0 Å². The Morgan fingerprint density at radius 2 is 1.12 bits per heavy atom. The minimum Gasteiger partial charge on any atom is -1.00 e. The number of amides is 4. The average Bonchev–Trinajstić information content (AvgIpc) is 4.24. The second kappa shape index (κ2) is 30.6. The smallest absolute Gasteiger partial charge is 0.253 e. The van der Waals surface area contributed by atoms with Gasteiger partial charge in [-0.25, -0.2) is 34.7 Å². The van der Waals surface area contributed by atoms with Crippen molar-refractivity contribution in [2.75, 3.05) is 54.0 Å². The number of fused-ring (bicyclic) bond motifs is 2. The van der Waals surface area contributed by atoms with Crippen LogP contribution in [0, 0.1) is 0 Å². The Kier molecular flexibility index (Phi) is 25.1. The number of aliphatic hydroxyl groups excluding tert-OH is 4. The summed E-state index contributed by atoms with van der Waals surface area (Å²) in [5.74, 6) is -1.16. The Hall–Kier alpha value is -4.33. The number of carboxylic acids is 1. The van der Waals surface area contributed by atoms with Gasteiger partial charge in [0, 0.05) is 63.1 Å². The fourth-order valence-electron chi connectivity index (χ4n) is 7.79. The maximum atomic E-state index is 11.8. The topological polar surface area (TPSA) is 369 Å². The summed E-state index contributed by atoms with van der Waals surface area (Å²) in [5.41, 5.74) is 2.03. The number of imide groups is 2. The average molecular weight is 1300 g/mol. The summed E-state index contributed by atoms with van der Waals surface area (Å²) >= 11 is 4.53. The first kappa shape index (κ1) is 61.5. The van der Waals surface area contributed by atoms with Crippen LogP contribution in [0.15, 0.2) is 25.3 Å². The van der Waals surface area contributed by atoms with Crippen molar-refractivity contribution >= 4 is 111 Å². The first-order chi connectivity index (χ1) is 35.9. The molecule has 0 spiro atoms. The van der Waals surface area contributed by atoms with E-state index in [1.807, 2.05) is 18.8 Å². The number of anilines is 2. The molecule has 0 aliphatic carbocycles. The molecular weight excluding hydrogens is 1240 g/mol. The van der Waals surface area contributed by atoms with Crippen LogP contribution in [0.4, 0.5) is 11.6 Å². The third-order valence-electron chi connectivity index (χ3n) is 11.5. The third kappa shape index (κ3) is 17.3. The van der Waals surface area contributed by atoms with Crippen molar-refractivity contribution in [3.05, 3.63) is 25.3 Å². The molecule has 8 rings (SSSR count). The van der Waals surface area contributed by atoms with Crippen molar-refractivity contribution in [1.82, 2.24) is 49.2 Å². The van der Waals surface area contributed by atoms with E-state index in [1.54, 1.807) is 9.13 Å². The zero-order valence-electron chi connectivity index (χ0n) is 42.1. The quantitative estimate of drug-likeness (QED) is 0.0337. The van der Waals surface area contributed by atoms with Crippen molar-refractivity contribution in [2.24, 2.45) is 0 Å². The largest absolute Gasteiger partial charge is 1.00 e. The van der Waals surface area contributed by atoms with Gasteiger partial charge in [-0.15, -0.1) is 5.06 Å². The summed E-state index contributed by atoms with van der Waals surface area (Å²) in [5, 5.41) is 65.5. The van der Waals surface area contributed by atoms with Gasteiger partial charge in [0.25, 0.3) is 23.6 Å². The molecule has 8 N–H and O–H groups in total. The SMILES string of the molecule is CSC[C@H]1O[C@@H](n2cnc3c(NCCCCCC(=O)O)ncnc32)[C@H](O)[C@@H]1O.CSC[C@H]1O[C@@H](n2cnc3c(NCCCCCC(=O)ON4C(=O)CCC4=O)ncnc32)[C@H](O)[C@@H]1O.C[S](Cl)=[W].O=C1CCC(=O)N1O.[2H-]. The van der Waals surface area contributed by atoms with Crippen molar-refractivity contribution in [3.8, 4) is 0 Å². The standard InChI is InChI=1S/C21H28N6O7S.C17H25N5O5S.C4H5NO3.CH3ClS.W.H/c1-35-9-12-17(31)18(32)21(33-12)26-11-25-16-19(23-10-24-20(16)26)22-8-4-2-3-5-15(30)34-27-13(28)6-7-14(27)29;1-28-7-10-13(25)14(26)17(27-10)22-9-21-12-15(19-8-20-16(12)22)18-6-4-2-3-5-11(23)24;6-3-1-2-4(7)5(3)8;1-3-2;;/h10-12,17-18,21,31-32H,2-9H2,1H3,(H,22,23,24);8-10,13-14,17,25-26H,2-7H2,1H3,(H,23,24)(H,18,19,20);8H,1-2H2;1H3;;/q;;;;;-1/t12-,17-,18-,21-;10-,13-,14-,17-;;;;/m11..../s1/i;;;;;1+1. The van der Waals surface area contributed by atoms with E-state index in [2.05, 4.69) is 40.5 Å². The summed E-state index contributed by atoms with van der Waals surface area (Å²) in [4.78, 5) is 96.4. The third-order valence-corrected chi connectivity index (χ3v) is 12.9. The van der Waals surface area contributed by atoms with Crippen LogP contribution in [0.25, 0.3) is 22.3 Å². The van der Waals surface area contributed by atoms with Gasteiger partial charge in [-0.2, -0.15) is 28.6 Å². The molecule has 4 fully saturated rings. The fourth-order valence-corrected chi connectivity index (χ4v) is 9.00. The van der Waals surface area contributed by atoms with E-state index >= 15 is 0 Å². The number of nitrogens with zero attached hydrogens (tertiary/aromatic N) is 10. The number of carboxylic acid groups (broad SMARTS) is 1. The van der Waals surface area contributed by atoms with E-state index in [4.69, 9.17) is 35.3 Å². The number of nitrogens with one attached hydrogen (secondary N) is 2. The number of unbranched alkanes of at least 4 members (excludes halogenated alkanes) is 4. The summed E-state index contributed by atoms with van der Waals surface area (Å²) < 4.78 is 14.9. The van der Waals surface area contributed by atoms with Gasteiger partial charge in [-0.05, 0) is 38.2 Å². The van der Waals surface area contributed by atoms with Crippen LogP contribution in [0.3, 0.4) is 0 Å². The zero-order chi connectivity index (χ0) is 54.8. The van der Waals surface area contributed by atoms with Gasteiger partial charge in [0.05, 0.1) is 24.9 Å². The molecule has 4 aromatic heterocycles. The number of aliphatic hydroxyl groups is 4. The molecule has 32 heteroatoms. The summed E-state index contributed by atoms with van der Waals surface area (Å²) in [6.07, 6.45) is 9.92. The van der Waals surface area contributed by atoms with Crippen molar-refractivity contribution in [2.45, 2.75) is 126 Å². The summed E-state index contributed by atoms with van der Waals surface area (Å²) in [6, 6.07) is 0. The van der Waals surface area contributed by atoms with E-state index in [-0.39, 0.29) is 52.3 Å². The number of halogens is 1. The number of hydrogen-bond acceptors (Lipinski definition) is 24. The molecule has 0 aromatic carbocycles. The Labute approximate surface area is 456 Å². The number of hydrogen-bond donors (Lipinski definition) is 8. The van der Waals surface area contributed by atoms with Gasteiger partial charge >= 0.3 is 54.2 Å². The van der Waals surface area contributed by atoms with Crippen molar-refractivity contribution in [3.63, 3.8) is 0 Å². The minimum atomic E-state index is -1.11. The number of thioether (sulfide) groups is 2. The number of imidazole rings is 2. The monoisotopic (exact) mass is 1300 g/mol. The fraction of sp³-hybridized carbons (Fsp3) is 0.628. The molecular formula is C43H62ClN12O15S3W-. The van der Waals surface area contributed by atoms with E-state index in [0.717, 1.165) is 19.3 Å². The number of rotatable bonds is 21. The predicted octanol–water partition coefficient (Wildman–Crippen LogP) is 2.39. The molecule has 75 heavy (non-hydrogen) atoms. The molecule has 4 aliphatic heterocycles. The van der Waals surface area contributed by atoms with Crippen LogP contribution in [-0.2, 0) is 61.1 Å². The molecule has 4 amide bonds. The van der Waals surface area contributed by atoms with Gasteiger partial charge in [0.15, 0.2) is 46.4 Å². The van der Waals surface area contributed by atoms with E-state index in [9.17, 15) is 49.2 Å². The predicted molar refractivity (Wildman–Crippen MR) is 271 cm³/mol. The second-order valence-corrected chi connectivity index (χ2v) is 28.6. The molecule has 0 radical (unpaired) electrons. The maximum Gasteiger partial charge on any atom is 0.253 e. The van der Waals surface area contributed by atoms with Gasteiger partial charge in [0.1, 0.15) is 37.1 Å². The normalized spacial score (nSPS) is 23.6. The van der Waals surface area contributed by atoms with Gasteiger partial charge in [-0.1, -0.05) is 12.8 Å². The number of hydroxylamine groups is 4. The molecule has 9 atom stereocenters. The zero-order valence-corrected chi connectivity index (χ0v) is 47.2. The van der Waals surface area contributed by atoms with Crippen molar-refractivity contribution < 1.29 is 93.2 Å². The molecule has 416 valence electrons. The van der Waals surface area contributed by atoms with Crippen LogP contribution < -0.4 is 10.6 Å². The molecule has 4 saturated heterocycles. The van der Waals surface area contributed by atoms with E-state index < -0.39 is 84.6 Å². The molecule has 1 unspecified atom stereocenters. The van der Waals surface area contributed by atoms with E-state index in [1.165, 1.54) is 66.8 Å². The number of aromatic nitrogens is 8. The Bertz CT molecular complexity index is 2580. The van der Waals surface area contributed by atoms with Gasteiger partial charge < -0.3 is 51.9 Å². The maximum absolute atomic E-state index is 11.8. The summed E-state index contributed by atoms with van der Waals surface area (Å²) in [7, 11) is 5.53. The molecule has 0 saturated carbocycles. The van der Waals surface area contributed by atoms with E-state index in [0.29, 0.717) is 82.9 Å². The number of carbonyl (C=O) groups excluding carboxylic acids is 5.